The molecule has 0 aromatic heterocycles. The van der Waals surface area contributed by atoms with E-state index in [0.29, 0.717) is 30.7 Å². The SMILES string of the molecule is CNOCCCN1C(=O)c2ccccc2C1=O. The van der Waals surface area contributed by atoms with Crippen LogP contribution in [-0.2, 0) is 4.84 Å². The molecule has 1 aliphatic heterocycles. The van der Waals surface area contributed by atoms with Crippen LogP contribution in [0, 0.1) is 0 Å². The molecule has 0 unspecified atom stereocenters. The van der Waals surface area contributed by atoms with Gasteiger partial charge in [-0.25, -0.2) is 5.48 Å². The summed E-state index contributed by atoms with van der Waals surface area (Å²) in [5.74, 6) is -0.426. The molecule has 2 rings (SSSR count). The Bertz CT molecular complexity index is 410. The van der Waals surface area contributed by atoms with E-state index in [-0.39, 0.29) is 11.8 Å². The predicted octanol–water partition coefficient (Wildman–Crippen LogP) is 0.824. The number of fused-ring (bicyclic) bond motifs is 1. The predicted molar refractivity (Wildman–Crippen MR) is 61.4 cm³/mol. The number of carbonyl (C=O) groups excluding carboxylic acids is 2. The number of rotatable bonds is 5. The van der Waals surface area contributed by atoms with E-state index in [0.717, 1.165) is 0 Å². The van der Waals surface area contributed by atoms with Gasteiger partial charge in [0.25, 0.3) is 11.8 Å². The van der Waals surface area contributed by atoms with Crippen LogP contribution in [0.3, 0.4) is 0 Å². The minimum Gasteiger partial charge on any atom is -0.302 e. The lowest BCUT2D eigenvalue weighted by molar-refractivity contribution is 0.0464. The number of nitrogens with one attached hydrogen (secondary N) is 1. The van der Waals surface area contributed by atoms with Crippen LogP contribution in [0.1, 0.15) is 27.1 Å². The summed E-state index contributed by atoms with van der Waals surface area (Å²) in [7, 11) is 1.67. The quantitative estimate of drug-likeness (QED) is 0.465. The Morgan fingerprint density at radius 3 is 2.29 bits per heavy atom. The summed E-state index contributed by atoms with van der Waals surface area (Å²) in [6.45, 7) is 0.845. The maximum absolute atomic E-state index is 11.9. The molecule has 1 heterocycles. The van der Waals surface area contributed by atoms with Gasteiger partial charge in [-0.3, -0.25) is 14.5 Å². The molecule has 0 bridgehead atoms. The third kappa shape index (κ3) is 2.20. The van der Waals surface area contributed by atoms with E-state index in [1.54, 1.807) is 31.3 Å². The maximum Gasteiger partial charge on any atom is 0.261 e. The molecular weight excluding hydrogens is 220 g/mol. The Kier molecular flexibility index (Phi) is 3.51. The highest BCUT2D eigenvalue weighted by atomic mass is 16.6. The zero-order valence-electron chi connectivity index (χ0n) is 9.60. The molecule has 0 saturated carbocycles. The first-order valence-electron chi connectivity index (χ1n) is 5.49. The molecule has 0 fully saturated rings. The highest BCUT2D eigenvalue weighted by Gasteiger charge is 2.34. The lowest BCUT2D eigenvalue weighted by Gasteiger charge is -2.13. The van der Waals surface area contributed by atoms with Gasteiger partial charge in [-0.15, -0.1) is 0 Å². The van der Waals surface area contributed by atoms with Crippen LogP contribution in [-0.4, -0.2) is 36.9 Å². The monoisotopic (exact) mass is 234 g/mol. The summed E-state index contributed by atoms with van der Waals surface area (Å²) < 4.78 is 0. The third-order valence-electron chi connectivity index (χ3n) is 2.65. The average molecular weight is 234 g/mol. The molecule has 0 aliphatic carbocycles. The van der Waals surface area contributed by atoms with Crippen molar-refractivity contribution >= 4 is 11.8 Å². The third-order valence-corrected chi connectivity index (χ3v) is 2.65. The van der Waals surface area contributed by atoms with Crippen LogP contribution in [0.25, 0.3) is 0 Å². The van der Waals surface area contributed by atoms with E-state index in [9.17, 15) is 9.59 Å². The van der Waals surface area contributed by atoms with Gasteiger partial charge in [-0.1, -0.05) is 12.1 Å². The second-order valence-corrected chi connectivity index (χ2v) is 3.71. The molecule has 1 aromatic rings. The second kappa shape index (κ2) is 5.07. The van der Waals surface area contributed by atoms with E-state index in [1.165, 1.54) is 4.90 Å². The number of carbonyl (C=O) groups is 2. The lowest BCUT2D eigenvalue weighted by atomic mass is 10.1. The fraction of sp³-hybridized carbons (Fsp3) is 0.333. The smallest absolute Gasteiger partial charge is 0.261 e. The molecule has 2 amide bonds. The average Bonchev–Trinajstić information content (AvgIpc) is 2.60. The van der Waals surface area contributed by atoms with Crippen molar-refractivity contribution in [2.75, 3.05) is 20.2 Å². The molecule has 0 radical (unpaired) electrons. The molecule has 90 valence electrons. The molecule has 1 aromatic carbocycles. The Balaban J connectivity index is 2.03. The molecule has 0 atom stereocenters. The summed E-state index contributed by atoms with van der Waals surface area (Å²) in [6.07, 6.45) is 0.617. The fourth-order valence-electron chi connectivity index (χ4n) is 1.84. The first-order chi connectivity index (χ1) is 8.25. The number of imide groups is 1. The van der Waals surface area contributed by atoms with Crippen molar-refractivity contribution in [1.29, 1.82) is 0 Å². The van der Waals surface area contributed by atoms with Crippen LogP contribution in [0.2, 0.25) is 0 Å². The second-order valence-electron chi connectivity index (χ2n) is 3.71. The number of amides is 2. The topological polar surface area (TPSA) is 58.6 Å². The van der Waals surface area contributed by atoms with E-state index >= 15 is 0 Å². The van der Waals surface area contributed by atoms with E-state index in [1.807, 2.05) is 0 Å². The van der Waals surface area contributed by atoms with Crippen LogP contribution >= 0.6 is 0 Å². The van der Waals surface area contributed by atoms with E-state index in [2.05, 4.69) is 5.48 Å². The Morgan fingerprint density at radius 2 is 1.76 bits per heavy atom. The number of hydroxylamine groups is 1. The summed E-state index contributed by atoms with van der Waals surface area (Å²) in [5.41, 5.74) is 3.53. The Labute approximate surface area is 99.3 Å². The number of nitrogens with zero attached hydrogens (tertiary/aromatic N) is 1. The summed E-state index contributed by atoms with van der Waals surface area (Å²) >= 11 is 0. The van der Waals surface area contributed by atoms with Crippen molar-refractivity contribution in [3.05, 3.63) is 35.4 Å². The molecule has 5 heteroatoms. The van der Waals surface area contributed by atoms with Crippen molar-refractivity contribution in [3.63, 3.8) is 0 Å². The van der Waals surface area contributed by atoms with Crippen LogP contribution in [0.5, 0.6) is 0 Å². The first kappa shape index (κ1) is 11.8. The van der Waals surface area contributed by atoms with Crippen molar-refractivity contribution in [3.8, 4) is 0 Å². The minimum atomic E-state index is -0.213. The van der Waals surface area contributed by atoms with Gasteiger partial charge in [0.15, 0.2) is 0 Å². The van der Waals surface area contributed by atoms with Gasteiger partial charge in [0.2, 0.25) is 0 Å². The first-order valence-corrected chi connectivity index (χ1v) is 5.49. The number of hydrogen-bond donors (Lipinski definition) is 1. The van der Waals surface area contributed by atoms with Crippen molar-refractivity contribution in [2.45, 2.75) is 6.42 Å². The summed E-state index contributed by atoms with van der Waals surface area (Å²) in [5, 5.41) is 0. The molecule has 0 saturated heterocycles. The van der Waals surface area contributed by atoms with Gasteiger partial charge in [0, 0.05) is 13.6 Å². The summed E-state index contributed by atoms with van der Waals surface area (Å²) in [6, 6.07) is 6.88. The van der Waals surface area contributed by atoms with Crippen molar-refractivity contribution < 1.29 is 14.4 Å². The lowest BCUT2D eigenvalue weighted by Crippen LogP contribution is -2.31. The van der Waals surface area contributed by atoms with Crippen LogP contribution in [0.4, 0.5) is 0 Å². The molecule has 1 aliphatic rings. The van der Waals surface area contributed by atoms with Crippen LogP contribution in [0.15, 0.2) is 24.3 Å². The zero-order valence-corrected chi connectivity index (χ0v) is 9.60. The molecule has 17 heavy (non-hydrogen) atoms. The van der Waals surface area contributed by atoms with Gasteiger partial charge in [0.1, 0.15) is 0 Å². The fourth-order valence-corrected chi connectivity index (χ4v) is 1.84. The maximum atomic E-state index is 11.9. The largest absolute Gasteiger partial charge is 0.302 e. The van der Waals surface area contributed by atoms with Gasteiger partial charge >= 0.3 is 0 Å². The van der Waals surface area contributed by atoms with E-state index < -0.39 is 0 Å². The molecule has 0 spiro atoms. The van der Waals surface area contributed by atoms with Gasteiger partial charge < -0.3 is 4.84 Å². The summed E-state index contributed by atoms with van der Waals surface area (Å²) in [4.78, 5) is 30.0. The van der Waals surface area contributed by atoms with E-state index in [4.69, 9.17) is 4.84 Å². The zero-order chi connectivity index (χ0) is 12.3. The molecular formula is C12H14N2O3. The van der Waals surface area contributed by atoms with Gasteiger partial charge in [-0.05, 0) is 18.6 Å². The van der Waals surface area contributed by atoms with Crippen molar-refractivity contribution in [2.24, 2.45) is 0 Å². The Morgan fingerprint density at radius 1 is 1.18 bits per heavy atom. The number of benzene rings is 1. The van der Waals surface area contributed by atoms with Crippen molar-refractivity contribution in [1.82, 2.24) is 10.4 Å². The minimum absolute atomic E-state index is 0.213. The van der Waals surface area contributed by atoms with Crippen LogP contribution < -0.4 is 5.48 Å². The highest BCUT2D eigenvalue weighted by Crippen LogP contribution is 2.22. The standard InChI is InChI=1S/C12H14N2O3/c1-13-17-8-4-7-14-11(15)9-5-2-3-6-10(9)12(14)16/h2-3,5-6,13H,4,7-8H2,1H3. The Hall–Kier alpha value is -1.72. The van der Waals surface area contributed by atoms with Gasteiger partial charge in [-0.2, -0.15) is 0 Å². The normalized spacial score (nSPS) is 14.3. The number of hydrogen-bond acceptors (Lipinski definition) is 4. The molecule has 1 N–H and O–H groups in total. The van der Waals surface area contributed by atoms with Gasteiger partial charge in [0.05, 0.1) is 17.7 Å². The molecule has 5 nitrogen and oxygen atoms in total. The highest BCUT2D eigenvalue weighted by molar-refractivity contribution is 6.21.